The third kappa shape index (κ3) is 2.26. The second-order valence-electron chi connectivity index (χ2n) is 4.53. The lowest BCUT2D eigenvalue weighted by atomic mass is 9.85. The fraction of sp³-hybridized carbons (Fsp3) is 0.667. The van der Waals surface area contributed by atoms with Crippen molar-refractivity contribution in [3.63, 3.8) is 0 Å². The average Bonchev–Trinajstić information content (AvgIpc) is 2.21. The molecule has 0 saturated heterocycles. The first-order chi connectivity index (χ1) is 7.70. The Bertz CT molecular complexity index is 372. The minimum Gasteiger partial charge on any atom is -0.383 e. The molecular formula is C12H20N4. The summed E-state index contributed by atoms with van der Waals surface area (Å²) in [6.45, 7) is 5.03. The minimum atomic E-state index is 0.600. The lowest BCUT2D eigenvalue weighted by molar-refractivity contribution is 0.333. The first-order valence-electron chi connectivity index (χ1n) is 6.07. The summed E-state index contributed by atoms with van der Waals surface area (Å²) in [5.74, 6) is 3.15. The summed E-state index contributed by atoms with van der Waals surface area (Å²) < 4.78 is 0. The van der Waals surface area contributed by atoms with E-state index in [0.29, 0.717) is 5.82 Å². The zero-order chi connectivity index (χ0) is 11.5. The van der Waals surface area contributed by atoms with Gasteiger partial charge >= 0.3 is 0 Å². The van der Waals surface area contributed by atoms with Gasteiger partial charge in [-0.1, -0.05) is 13.3 Å². The maximum absolute atomic E-state index is 5.86. The molecule has 0 atom stereocenters. The van der Waals surface area contributed by atoms with Crippen molar-refractivity contribution in [2.45, 2.75) is 39.5 Å². The maximum Gasteiger partial charge on any atom is 0.134 e. The molecule has 16 heavy (non-hydrogen) atoms. The van der Waals surface area contributed by atoms with E-state index >= 15 is 0 Å². The molecule has 1 aromatic rings. The third-order valence-corrected chi connectivity index (χ3v) is 3.33. The van der Waals surface area contributed by atoms with E-state index in [-0.39, 0.29) is 0 Å². The Labute approximate surface area is 96.7 Å². The van der Waals surface area contributed by atoms with Crippen molar-refractivity contribution in [3.05, 3.63) is 11.4 Å². The van der Waals surface area contributed by atoms with Gasteiger partial charge in [-0.3, -0.25) is 0 Å². The van der Waals surface area contributed by atoms with Gasteiger partial charge < -0.3 is 11.1 Å². The van der Waals surface area contributed by atoms with Crippen LogP contribution in [0.1, 0.15) is 37.6 Å². The summed E-state index contributed by atoms with van der Waals surface area (Å²) in [5, 5.41) is 3.40. The van der Waals surface area contributed by atoms with Crippen molar-refractivity contribution in [2.24, 2.45) is 5.92 Å². The van der Waals surface area contributed by atoms with E-state index in [1.807, 2.05) is 13.8 Å². The van der Waals surface area contributed by atoms with Crippen molar-refractivity contribution < 1.29 is 0 Å². The molecule has 4 nitrogen and oxygen atoms in total. The van der Waals surface area contributed by atoms with Crippen LogP contribution < -0.4 is 11.1 Å². The minimum absolute atomic E-state index is 0.600. The number of nitrogen functional groups attached to an aromatic ring is 1. The first kappa shape index (κ1) is 11.2. The van der Waals surface area contributed by atoms with Crippen LogP contribution in [-0.2, 0) is 6.42 Å². The van der Waals surface area contributed by atoms with Gasteiger partial charge in [-0.2, -0.15) is 0 Å². The fourth-order valence-electron chi connectivity index (χ4n) is 1.85. The molecule has 0 spiro atoms. The molecule has 1 heterocycles. The fourth-order valence-corrected chi connectivity index (χ4v) is 1.85. The van der Waals surface area contributed by atoms with Crippen LogP contribution in [0.4, 0.5) is 11.6 Å². The molecule has 0 amide bonds. The molecule has 1 aromatic heterocycles. The molecule has 88 valence electrons. The molecule has 0 unspecified atom stereocenters. The van der Waals surface area contributed by atoms with Crippen LogP contribution >= 0.6 is 0 Å². The first-order valence-corrected chi connectivity index (χ1v) is 6.07. The number of aromatic nitrogens is 2. The predicted molar refractivity (Wildman–Crippen MR) is 66.4 cm³/mol. The molecule has 1 aliphatic rings. The number of rotatable bonds is 4. The summed E-state index contributed by atoms with van der Waals surface area (Å²) >= 11 is 0. The second-order valence-corrected chi connectivity index (χ2v) is 4.53. The average molecular weight is 220 g/mol. The van der Waals surface area contributed by atoms with Crippen LogP contribution in [0.25, 0.3) is 0 Å². The number of nitrogens with two attached hydrogens (primary N) is 1. The predicted octanol–water partition coefficient (Wildman–Crippen LogP) is 2.14. The molecule has 0 aliphatic heterocycles. The molecule has 0 aromatic carbocycles. The van der Waals surface area contributed by atoms with Gasteiger partial charge in [0, 0.05) is 18.5 Å². The molecule has 1 fully saturated rings. The molecule has 0 bridgehead atoms. The largest absolute Gasteiger partial charge is 0.383 e. The van der Waals surface area contributed by atoms with E-state index in [1.165, 1.54) is 19.3 Å². The highest BCUT2D eigenvalue weighted by Crippen LogP contribution is 2.27. The zero-order valence-electron chi connectivity index (χ0n) is 10.1. The lowest BCUT2D eigenvalue weighted by Gasteiger charge is -2.26. The van der Waals surface area contributed by atoms with Crippen LogP contribution in [0.2, 0.25) is 0 Å². The summed E-state index contributed by atoms with van der Waals surface area (Å²) in [7, 11) is 0. The Morgan fingerprint density at radius 2 is 2.12 bits per heavy atom. The Hall–Kier alpha value is -1.32. The lowest BCUT2D eigenvalue weighted by Crippen LogP contribution is -2.22. The maximum atomic E-state index is 5.86. The van der Waals surface area contributed by atoms with E-state index in [0.717, 1.165) is 36.1 Å². The zero-order valence-corrected chi connectivity index (χ0v) is 10.1. The van der Waals surface area contributed by atoms with E-state index in [2.05, 4.69) is 15.3 Å². The van der Waals surface area contributed by atoms with Gasteiger partial charge in [0.05, 0.1) is 0 Å². The SMILES string of the molecule is CCc1nc(N)c(C)c(NCC2CCC2)n1. The molecule has 2 rings (SSSR count). The van der Waals surface area contributed by atoms with Crippen LogP contribution in [0.3, 0.4) is 0 Å². The Morgan fingerprint density at radius 3 is 2.69 bits per heavy atom. The molecular weight excluding hydrogens is 200 g/mol. The van der Waals surface area contributed by atoms with Gasteiger partial charge in [0.25, 0.3) is 0 Å². The van der Waals surface area contributed by atoms with Crippen LogP contribution in [0.5, 0.6) is 0 Å². The van der Waals surface area contributed by atoms with Crippen molar-refractivity contribution in [2.75, 3.05) is 17.6 Å². The molecule has 0 radical (unpaired) electrons. The number of hydrogen-bond acceptors (Lipinski definition) is 4. The molecule has 3 N–H and O–H groups in total. The summed E-state index contributed by atoms with van der Waals surface area (Å²) in [6, 6.07) is 0. The monoisotopic (exact) mass is 220 g/mol. The highest BCUT2D eigenvalue weighted by molar-refractivity contribution is 5.54. The normalized spacial score (nSPS) is 15.9. The van der Waals surface area contributed by atoms with Crippen molar-refractivity contribution >= 4 is 11.6 Å². The Kier molecular flexibility index (Phi) is 3.27. The quantitative estimate of drug-likeness (QED) is 0.816. The van der Waals surface area contributed by atoms with E-state index in [4.69, 9.17) is 5.73 Å². The summed E-state index contributed by atoms with van der Waals surface area (Å²) in [5.41, 5.74) is 6.83. The van der Waals surface area contributed by atoms with Gasteiger partial charge in [0.15, 0.2) is 0 Å². The standard InChI is InChI=1S/C12H20N4/c1-3-10-15-11(13)8(2)12(16-10)14-7-9-5-4-6-9/h9H,3-7H2,1-2H3,(H3,13,14,15,16). The Balaban J connectivity index is 2.08. The third-order valence-electron chi connectivity index (χ3n) is 3.33. The highest BCUT2D eigenvalue weighted by Gasteiger charge is 2.17. The topological polar surface area (TPSA) is 63.8 Å². The number of nitrogens with zero attached hydrogens (tertiary/aromatic N) is 2. The number of aryl methyl sites for hydroxylation is 1. The second kappa shape index (κ2) is 4.68. The van der Waals surface area contributed by atoms with Gasteiger partial charge in [0.2, 0.25) is 0 Å². The molecule has 1 saturated carbocycles. The van der Waals surface area contributed by atoms with E-state index in [9.17, 15) is 0 Å². The number of hydrogen-bond donors (Lipinski definition) is 2. The number of nitrogens with one attached hydrogen (secondary N) is 1. The number of anilines is 2. The van der Waals surface area contributed by atoms with E-state index < -0.39 is 0 Å². The van der Waals surface area contributed by atoms with Gasteiger partial charge in [-0.05, 0) is 25.7 Å². The summed E-state index contributed by atoms with van der Waals surface area (Å²) in [4.78, 5) is 8.72. The van der Waals surface area contributed by atoms with E-state index in [1.54, 1.807) is 0 Å². The van der Waals surface area contributed by atoms with Gasteiger partial charge in [-0.15, -0.1) is 0 Å². The van der Waals surface area contributed by atoms with Crippen LogP contribution in [0, 0.1) is 12.8 Å². The highest BCUT2D eigenvalue weighted by atomic mass is 15.1. The van der Waals surface area contributed by atoms with Gasteiger partial charge in [-0.25, -0.2) is 9.97 Å². The smallest absolute Gasteiger partial charge is 0.134 e. The van der Waals surface area contributed by atoms with Gasteiger partial charge in [0.1, 0.15) is 17.5 Å². The summed E-state index contributed by atoms with van der Waals surface area (Å²) in [6.07, 6.45) is 4.88. The van der Waals surface area contributed by atoms with Crippen LogP contribution in [0.15, 0.2) is 0 Å². The van der Waals surface area contributed by atoms with Crippen LogP contribution in [-0.4, -0.2) is 16.5 Å². The van der Waals surface area contributed by atoms with Crippen molar-refractivity contribution in [3.8, 4) is 0 Å². The molecule has 1 aliphatic carbocycles. The molecule has 4 heteroatoms. The van der Waals surface area contributed by atoms with Crippen molar-refractivity contribution in [1.82, 2.24) is 9.97 Å². The van der Waals surface area contributed by atoms with Crippen molar-refractivity contribution in [1.29, 1.82) is 0 Å². The Morgan fingerprint density at radius 1 is 1.38 bits per heavy atom.